The minimum Gasteiger partial charge on any atom is -0.338 e. The first-order valence-corrected chi connectivity index (χ1v) is 13.0. The fraction of sp³-hybridized carbons (Fsp3) is 0.152. The lowest BCUT2D eigenvalue weighted by Crippen LogP contribution is -2.54. The maximum absolute atomic E-state index is 14.0. The van der Waals surface area contributed by atoms with E-state index < -0.39 is 0 Å². The fourth-order valence-electron chi connectivity index (χ4n) is 5.39. The number of benzene rings is 4. The first kappa shape index (κ1) is 23.7. The van der Waals surface area contributed by atoms with Crippen LogP contribution in [0.3, 0.4) is 0 Å². The summed E-state index contributed by atoms with van der Waals surface area (Å²) in [5.74, 6) is -0.292. The van der Waals surface area contributed by atoms with Crippen LogP contribution >= 0.6 is 0 Å². The Bertz CT molecular complexity index is 1390. The van der Waals surface area contributed by atoms with Crippen LogP contribution in [0.4, 0.5) is 16.2 Å². The molecule has 0 unspecified atom stereocenters. The molecule has 2 aliphatic rings. The Morgan fingerprint density at radius 3 is 1.45 bits per heavy atom. The van der Waals surface area contributed by atoms with Gasteiger partial charge in [0.25, 0.3) is 0 Å². The number of piperazine rings is 1. The predicted octanol–water partition coefficient (Wildman–Crippen LogP) is 6.40. The fourth-order valence-corrected chi connectivity index (χ4v) is 5.39. The lowest BCUT2D eigenvalue weighted by Gasteiger charge is -2.39. The summed E-state index contributed by atoms with van der Waals surface area (Å²) in [5, 5.41) is 0. The minimum absolute atomic E-state index is 0.0663. The van der Waals surface area contributed by atoms with Crippen LogP contribution in [0.1, 0.15) is 28.2 Å². The summed E-state index contributed by atoms with van der Waals surface area (Å²) >= 11 is 0. The number of anilines is 2. The van der Waals surface area contributed by atoms with Gasteiger partial charge in [0.1, 0.15) is 0 Å². The highest BCUT2D eigenvalue weighted by molar-refractivity contribution is 6.05. The van der Waals surface area contributed by atoms with Crippen molar-refractivity contribution in [3.05, 3.63) is 131 Å². The molecule has 0 bridgehead atoms. The molecular weight excluding hydrogens is 470 g/mol. The second-order valence-corrected chi connectivity index (χ2v) is 9.64. The van der Waals surface area contributed by atoms with Crippen LogP contribution in [-0.2, 0) is 4.79 Å². The van der Waals surface area contributed by atoms with E-state index in [-0.39, 0.29) is 17.9 Å². The molecule has 0 spiro atoms. The second-order valence-electron chi connectivity index (χ2n) is 9.64. The van der Waals surface area contributed by atoms with Gasteiger partial charge in [0.2, 0.25) is 5.91 Å². The Morgan fingerprint density at radius 2 is 0.947 bits per heavy atom. The molecule has 2 heterocycles. The molecule has 0 saturated carbocycles. The van der Waals surface area contributed by atoms with Gasteiger partial charge in [-0.25, -0.2) is 4.79 Å². The zero-order valence-corrected chi connectivity index (χ0v) is 21.1. The lowest BCUT2D eigenvalue weighted by atomic mass is 9.90. The maximum Gasteiger partial charge on any atom is 0.329 e. The first-order valence-electron chi connectivity index (χ1n) is 13.0. The standard InChI is InChI=1S/C33H29N3O2/c37-32(31(27-13-3-1-4-14-27)28-15-5-2-6-16-28)34-21-23-35(24-22-34)33(38)36-29-17-9-7-11-25(29)19-20-26-12-8-10-18-30(26)36/h1-20,31H,21-24H2. The van der Waals surface area contributed by atoms with Gasteiger partial charge in [-0.3, -0.25) is 9.69 Å². The summed E-state index contributed by atoms with van der Waals surface area (Å²) in [7, 11) is 0. The monoisotopic (exact) mass is 499 g/mol. The Morgan fingerprint density at radius 1 is 0.526 bits per heavy atom. The molecule has 38 heavy (non-hydrogen) atoms. The third kappa shape index (κ3) is 4.48. The molecule has 0 N–H and O–H groups in total. The van der Waals surface area contributed by atoms with Crippen molar-refractivity contribution in [3.63, 3.8) is 0 Å². The number of rotatable bonds is 3. The summed E-state index contributed by atoms with van der Waals surface area (Å²) in [4.78, 5) is 33.4. The van der Waals surface area contributed by atoms with Crippen molar-refractivity contribution in [2.45, 2.75) is 5.92 Å². The van der Waals surface area contributed by atoms with E-state index in [9.17, 15) is 9.59 Å². The SMILES string of the molecule is O=C(C(c1ccccc1)c1ccccc1)N1CCN(C(=O)N2c3ccccc3C=Cc3ccccc32)CC1. The van der Waals surface area contributed by atoms with E-state index in [4.69, 9.17) is 0 Å². The highest BCUT2D eigenvalue weighted by Crippen LogP contribution is 2.37. The Labute approximate surface area is 223 Å². The molecule has 3 amide bonds. The topological polar surface area (TPSA) is 43.9 Å². The van der Waals surface area contributed by atoms with Crippen LogP contribution in [-0.4, -0.2) is 47.9 Å². The van der Waals surface area contributed by atoms with E-state index in [1.165, 1.54) is 0 Å². The zero-order chi connectivity index (χ0) is 25.9. The highest BCUT2D eigenvalue weighted by atomic mass is 16.2. The number of fused-ring (bicyclic) bond motifs is 2. The molecule has 4 aromatic rings. The lowest BCUT2D eigenvalue weighted by molar-refractivity contribution is -0.133. The third-order valence-electron chi connectivity index (χ3n) is 7.36. The molecule has 1 fully saturated rings. The molecule has 0 atom stereocenters. The van der Waals surface area contributed by atoms with Crippen LogP contribution < -0.4 is 4.90 Å². The van der Waals surface area contributed by atoms with Crippen LogP contribution in [0.2, 0.25) is 0 Å². The van der Waals surface area contributed by atoms with E-state index >= 15 is 0 Å². The normalized spacial score (nSPS) is 14.6. The van der Waals surface area contributed by atoms with Gasteiger partial charge in [0.05, 0.1) is 17.3 Å². The Balaban J connectivity index is 1.23. The number of nitrogens with zero attached hydrogens (tertiary/aromatic N) is 3. The minimum atomic E-state index is -0.366. The van der Waals surface area contributed by atoms with E-state index in [1.807, 2.05) is 124 Å². The van der Waals surface area contributed by atoms with Crippen molar-refractivity contribution in [2.75, 3.05) is 31.1 Å². The molecule has 4 aromatic carbocycles. The largest absolute Gasteiger partial charge is 0.338 e. The van der Waals surface area contributed by atoms with Gasteiger partial charge in [-0.05, 0) is 34.4 Å². The summed E-state index contributed by atoms with van der Waals surface area (Å²) < 4.78 is 0. The maximum atomic E-state index is 14.0. The number of hydrogen-bond acceptors (Lipinski definition) is 2. The van der Waals surface area contributed by atoms with Gasteiger partial charge >= 0.3 is 6.03 Å². The van der Waals surface area contributed by atoms with Crippen molar-refractivity contribution in [1.29, 1.82) is 0 Å². The number of carbonyl (C=O) groups is 2. The molecule has 188 valence electrons. The van der Waals surface area contributed by atoms with Gasteiger partial charge < -0.3 is 9.80 Å². The molecular formula is C33H29N3O2. The van der Waals surface area contributed by atoms with Crippen molar-refractivity contribution in [2.24, 2.45) is 0 Å². The molecule has 6 rings (SSSR count). The number of para-hydroxylation sites is 2. The van der Waals surface area contributed by atoms with Crippen LogP contribution in [0, 0.1) is 0 Å². The van der Waals surface area contributed by atoms with E-state index in [0.29, 0.717) is 26.2 Å². The van der Waals surface area contributed by atoms with Gasteiger partial charge in [0.15, 0.2) is 0 Å². The van der Waals surface area contributed by atoms with E-state index in [1.54, 1.807) is 0 Å². The molecule has 0 aromatic heterocycles. The second kappa shape index (κ2) is 10.4. The number of carbonyl (C=O) groups excluding carboxylic acids is 2. The van der Waals surface area contributed by atoms with E-state index in [0.717, 1.165) is 33.6 Å². The summed E-state index contributed by atoms with van der Waals surface area (Å²) in [6, 6.07) is 35.7. The first-order chi connectivity index (χ1) is 18.7. The van der Waals surface area contributed by atoms with Crippen LogP contribution in [0.25, 0.3) is 12.2 Å². The highest BCUT2D eigenvalue weighted by Gasteiger charge is 2.34. The van der Waals surface area contributed by atoms with Gasteiger partial charge in [-0.2, -0.15) is 0 Å². The summed E-state index contributed by atoms with van der Waals surface area (Å²) in [5.41, 5.74) is 5.69. The van der Waals surface area contributed by atoms with E-state index in [2.05, 4.69) is 12.2 Å². The van der Waals surface area contributed by atoms with Crippen molar-refractivity contribution < 1.29 is 9.59 Å². The summed E-state index contributed by atoms with van der Waals surface area (Å²) in [6.07, 6.45) is 4.12. The molecule has 1 saturated heterocycles. The van der Waals surface area contributed by atoms with Crippen molar-refractivity contribution in [3.8, 4) is 0 Å². The van der Waals surface area contributed by atoms with Crippen LogP contribution in [0.5, 0.6) is 0 Å². The Hall–Kier alpha value is -4.64. The average Bonchev–Trinajstić information content (AvgIpc) is 3.15. The zero-order valence-electron chi connectivity index (χ0n) is 21.1. The molecule has 5 heteroatoms. The quantitative estimate of drug-likeness (QED) is 0.327. The predicted molar refractivity (Wildman–Crippen MR) is 152 cm³/mol. The average molecular weight is 500 g/mol. The smallest absolute Gasteiger partial charge is 0.329 e. The Kier molecular flexibility index (Phi) is 6.49. The number of urea groups is 1. The van der Waals surface area contributed by atoms with Crippen molar-refractivity contribution >= 4 is 35.5 Å². The molecule has 5 nitrogen and oxygen atoms in total. The van der Waals surface area contributed by atoms with Gasteiger partial charge in [-0.15, -0.1) is 0 Å². The van der Waals surface area contributed by atoms with Crippen LogP contribution in [0.15, 0.2) is 109 Å². The third-order valence-corrected chi connectivity index (χ3v) is 7.36. The van der Waals surface area contributed by atoms with Gasteiger partial charge in [-0.1, -0.05) is 109 Å². The molecule has 2 aliphatic heterocycles. The van der Waals surface area contributed by atoms with Crippen molar-refractivity contribution in [1.82, 2.24) is 9.80 Å². The summed E-state index contributed by atoms with van der Waals surface area (Å²) in [6.45, 7) is 1.95. The number of hydrogen-bond donors (Lipinski definition) is 0. The van der Waals surface area contributed by atoms with Gasteiger partial charge in [0, 0.05) is 26.2 Å². The molecule has 0 aliphatic carbocycles. The number of amides is 3. The molecule has 0 radical (unpaired) electrons.